The van der Waals surface area contributed by atoms with Crippen LogP contribution in [0.25, 0.3) is 11.0 Å². The summed E-state index contributed by atoms with van der Waals surface area (Å²) in [5.74, 6) is 0.793. The summed E-state index contributed by atoms with van der Waals surface area (Å²) >= 11 is 7.88. The maximum atomic E-state index is 11.5. The first-order valence-electron chi connectivity index (χ1n) is 8.00. The molecule has 1 aliphatic heterocycles. The van der Waals surface area contributed by atoms with Crippen LogP contribution in [0.5, 0.6) is 0 Å². The van der Waals surface area contributed by atoms with Crippen LogP contribution in [0.15, 0.2) is 34.6 Å². The van der Waals surface area contributed by atoms with Gasteiger partial charge in [-0.15, -0.1) is 0 Å². The van der Waals surface area contributed by atoms with Gasteiger partial charge in [0.25, 0.3) is 0 Å². The first-order valence-corrected chi connectivity index (χ1v) is 9.20. The first kappa shape index (κ1) is 16.4. The van der Waals surface area contributed by atoms with Crippen molar-refractivity contribution in [2.24, 2.45) is 5.73 Å². The first-order chi connectivity index (χ1) is 12.0. The number of pyridine rings is 1. The molecule has 1 aliphatic rings. The summed E-state index contributed by atoms with van der Waals surface area (Å²) in [7, 11) is 0. The normalized spacial score (nSPS) is 14.9. The molecule has 1 fully saturated rings. The smallest absolute Gasteiger partial charge is 0.196 e. The predicted octanol–water partition coefficient (Wildman–Crippen LogP) is 2.11. The lowest BCUT2D eigenvalue weighted by atomic mass is 10.1. The van der Waals surface area contributed by atoms with Crippen molar-refractivity contribution in [3.63, 3.8) is 0 Å². The molecule has 7 nitrogen and oxygen atoms in total. The molecule has 0 aromatic carbocycles. The predicted molar refractivity (Wildman–Crippen MR) is 98.0 cm³/mol. The number of aromatic nitrogens is 4. The molecule has 4 heterocycles. The van der Waals surface area contributed by atoms with Crippen molar-refractivity contribution >= 4 is 40.2 Å². The molecule has 3 aromatic heterocycles. The van der Waals surface area contributed by atoms with Gasteiger partial charge in [0.1, 0.15) is 11.5 Å². The van der Waals surface area contributed by atoms with Crippen LogP contribution in [-0.2, 0) is 6.42 Å². The van der Waals surface area contributed by atoms with Crippen molar-refractivity contribution in [2.75, 3.05) is 18.0 Å². The second-order valence-corrected chi connectivity index (χ2v) is 7.41. The molecule has 0 bridgehead atoms. The number of hydrogen-bond acceptors (Lipinski definition) is 6. The quantitative estimate of drug-likeness (QED) is 0.411. The monoisotopic (exact) mass is 376 g/mol. The second kappa shape index (κ2) is 6.36. The van der Waals surface area contributed by atoms with E-state index in [0.717, 1.165) is 46.0 Å². The van der Waals surface area contributed by atoms with Crippen LogP contribution in [0.3, 0.4) is 0 Å². The fourth-order valence-corrected chi connectivity index (χ4v) is 4.01. The van der Waals surface area contributed by atoms with Crippen molar-refractivity contribution in [2.45, 2.75) is 29.4 Å². The number of nitrogens with two attached hydrogens (primary N) is 1. The maximum absolute atomic E-state index is 11.5. The van der Waals surface area contributed by atoms with Gasteiger partial charge in [-0.3, -0.25) is 0 Å². The minimum Gasteiger partial charge on any atom is -0.619 e. The van der Waals surface area contributed by atoms with Crippen LogP contribution in [0.2, 0.25) is 5.02 Å². The average molecular weight is 377 g/mol. The molecule has 3 N–H and O–H groups in total. The molecule has 130 valence electrons. The molecule has 9 heteroatoms. The van der Waals surface area contributed by atoms with Crippen molar-refractivity contribution in [1.82, 2.24) is 15.0 Å². The Morgan fingerprint density at radius 3 is 2.96 bits per heavy atom. The summed E-state index contributed by atoms with van der Waals surface area (Å²) in [4.78, 5) is 15.5. The Labute approximate surface area is 153 Å². The molecule has 0 spiro atoms. The van der Waals surface area contributed by atoms with Crippen LogP contribution in [0.4, 0.5) is 5.82 Å². The van der Waals surface area contributed by atoms with Gasteiger partial charge in [-0.2, -0.15) is 4.73 Å². The third-order valence-electron chi connectivity index (χ3n) is 4.14. The molecule has 0 unspecified atom stereocenters. The number of hydrogen-bond donors (Lipinski definition) is 2. The Balaban J connectivity index is 1.80. The zero-order chi connectivity index (χ0) is 17.6. The molecule has 25 heavy (non-hydrogen) atoms. The van der Waals surface area contributed by atoms with Crippen LogP contribution in [0, 0.1) is 5.21 Å². The van der Waals surface area contributed by atoms with E-state index in [1.54, 1.807) is 6.07 Å². The highest BCUT2D eigenvalue weighted by Gasteiger charge is 2.29. The Hall–Kier alpha value is -2.03. The number of rotatable bonds is 4. The van der Waals surface area contributed by atoms with Crippen molar-refractivity contribution in [1.29, 1.82) is 0 Å². The molecule has 3 aromatic rings. The molecule has 0 radical (unpaired) electrons. The lowest BCUT2D eigenvalue weighted by molar-refractivity contribution is -0.607. The van der Waals surface area contributed by atoms with Crippen molar-refractivity contribution in [3.05, 3.63) is 40.5 Å². The van der Waals surface area contributed by atoms with Gasteiger partial charge in [-0.05, 0) is 24.2 Å². The number of H-pyrrole nitrogens is 1. The summed E-state index contributed by atoms with van der Waals surface area (Å²) in [5.41, 5.74) is 7.58. The lowest BCUT2D eigenvalue weighted by Gasteiger charge is -2.38. The highest BCUT2D eigenvalue weighted by atomic mass is 35.5. The van der Waals surface area contributed by atoms with Gasteiger partial charge in [0.15, 0.2) is 17.6 Å². The topological polar surface area (TPSA) is 97.8 Å². The molecular weight excluding hydrogens is 360 g/mol. The number of anilines is 1. The number of halogens is 1. The van der Waals surface area contributed by atoms with E-state index in [2.05, 4.69) is 14.9 Å². The largest absolute Gasteiger partial charge is 0.619 e. The van der Waals surface area contributed by atoms with E-state index in [-0.39, 0.29) is 6.04 Å². The van der Waals surface area contributed by atoms with Gasteiger partial charge in [-0.25, -0.2) is 9.97 Å². The summed E-state index contributed by atoms with van der Waals surface area (Å²) in [6.07, 6.45) is 3.72. The highest BCUT2D eigenvalue weighted by molar-refractivity contribution is 7.99. The Morgan fingerprint density at radius 2 is 2.28 bits per heavy atom. The van der Waals surface area contributed by atoms with Crippen LogP contribution in [0.1, 0.15) is 12.6 Å². The number of fused-ring (bicyclic) bond motifs is 1. The molecule has 0 aliphatic carbocycles. The molecule has 0 saturated carbocycles. The third-order valence-corrected chi connectivity index (χ3v) is 5.40. The van der Waals surface area contributed by atoms with Gasteiger partial charge >= 0.3 is 0 Å². The second-order valence-electron chi connectivity index (χ2n) is 5.99. The van der Waals surface area contributed by atoms with Crippen LogP contribution in [-0.4, -0.2) is 34.1 Å². The van der Waals surface area contributed by atoms with Gasteiger partial charge < -0.3 is 20.8 Å². The SMILES string of the molecule is CCc1[nH]c2nc(Sc3ccc[n+]([O-])c3)nc(N3CC(N)C3)c2c1Cl. The Bertz CT molecular complexity index is 940. The zero-order valence-electron chi connectivity index (χ0n) is 13.6. The van der Waals surface area contributed by atoms with E-state index in [4.69, 9.17) is 22.3 Å². The fourth-order valence-electron chi connectivity index (χ4n) is 2.87. The maximum Gasteiger partial charge on any atom is 0.196 e. The Kier molecular flexibility index (Phi) is 4.18. The van der Waals surface area contributed by atoms with E-state index >= 15 is 0 Å². The number of nitrogens with one attached hydrogen (secondary N) is 1. The standard InChI is InChI=1S/C16H17ClN6OS/c1-2-11-13(17)12-14(19-11)20-16(21-15(12)22-6-9(18)7-22)25-10-4-3-5-23(24)8-10/h3-5,8-9H,2,6-7,18H2,1H3,(H,19,20,21). The van der Waals surface area contributed by atoms with Gasteiger partial charge in [0.2, 0.25) is 0 Å². The zero-order valence-corrected chi connectivity index (χ0v) is 15.1. The summed E-state index contributed by atoms with van der Waals surface area (Å²) in [5, 5.41) is 13.5. The lowest BCUT2D eigenvalue weighted by Crippen LogP contribution is -2.56. The molecule has 1 saturated heterocycles. The Morgan fingerprint density at radius 1 is 1.48 bits per heavy atom. The van der Waals surface area contributed by atoms with E-state index in [0.29, 0.717) is 15.8 Å². The third kappa shape index (κ3) is 3.01. The van der Waals surface area contributed by atoms with Gasteiger partial charge in [0, 0.05) is 30.9 Å². The van der Waals surface area contributed by atoms with Crippen molar-refractivity contribution < 1.29 is 4.73 Å². The number of aryl methyl sites for hydroxylation is 1. The summed E-state index contributed by atoms with van der Waals surface area (Å²) in [6.45, 7) is 3.52. The summed E-state index contributed by atoms with van der Waals surface area (Å²) in [6, 6.07) is 3.70. The van der Waals surface area contributed by atoms with E-state index in [9.17, 15) is 5.21 Å². The summed E-state index contributed by atoms with van der Waals surface area (Å²) < 4.78 is 0.761. The molecular formula is C16H17ClN6OS. The minimum absolute atomic E-state index is 0.151. The van der Waals surface area contributed by atoms with E-state index in [1.165, 1.54) is 24.2 Å². The van der Waals surface area contributed by atoms with Gasteiger partial charge in [0.05, 0.1) is 15.3 Å². The highest BCUT2D eigenvalue weighted by Crippen LogP contribution is 2.37. The van der Waals surface area contributed by atoms with E-state index < -0.39 is 0 Å². The fraction of sp³-hybridized carbons (Fsp3) is 0.312. The number of nitrogens with zero attached hydrogens (tertiary/aromatic N) is 4. The van der Waals surface area contributed by atoms with Crippen LogP contribution >= 0.6 is 23.4 Å². The number of aromatic amines is 1. The van der Waals surface area contributed by atoms with E-state index in [1.807, 2.05) is 13.0 Å². The molecule has 0 amide bonds. The molecule has 4 rings (SSSR count). The molecule has 0 atom stereocenters. The average Bonchev–Trinajstić information content (AvgIpc) is 2.87. The van der Waals surface area contributed by atoms with Gasteiger partial charge in [-0.1, -0.05) is 18.5 Å². The minimum atomic E-state index is 0.151. The van der Waals surface area contributed by atoms with Crippen LogP contribution < -0.4 is 15.4 Å². The van der Waals surface area contributed by atoms with Crippen molar-refractivity contribution in [3.8, 4) is 0 Å².